The molecular formula is C21H30O3. The molecule has 2 unspecified atom stereocenters. The smallest absolute Gasteiger partial charge is 0.161 e. The maximum absolute atomic E-state index is 11.0. The third kappa shape index (κ3) is 3.84. The van der Waals surface area contributed by atoms with Crippen LogP contribution in [0.5, 0.6) is 11.5 Å². The van der Waals surface area contributed by atoms with E-state index in [9.17, 15) is 5.11 Å². The van der Waals surface area contributed by atoms with Crippen molar-refractivity contribution in [1.29, 1.82) is 0 Å². The van der Waals surface area contributed by atoms with Gasteiger partial charge in [0.25, 0.3) is 0 Å². The third-order valence-electron chi connectivity index (χ3n) is 5.17. The van der Waals surface area contributed by atoms with E-state index in [0.29, 0.717) is 17.4 Å². The Morgan fingerprint density at radius 1 is 1.21 bits per heavy atom. The van der Waals surface area contributed by atoms with Crippen LogP contribution >= 0.6 is 0 Å². The van der Waals surface area contributed by atoms with Gasteiger partial charge in [0.1, 0.15) is 5.60 Å². The molecule has 2 atom stereocenters. The van der Waals surface area contributed by atoms with Gasteiger partial charge in [0.15, 0.2) is 11.5 Å². The van der Waals surface area contributed by atoms with Crippen LogP contribution in [-0.2, 0) is 5.60 Å². The van der Waals surface area contributed by atoms with Gasteiger partial charge in [-0.25, -0.2) is 0 Å². The van der Waals surface area contributed by atoms with Crippen LogP contribution in [0.1, 0.15) is 46.1 Å². The Morgan fingerprint density at radius 2 is 1.88 bits per heavy atom. The molecule has 0 spiro atoms. The van der Waals surface area contributed by atoms with Crippen molar-refractivity contribution in [2.75, 3.05) is 14.2 Å². The lowest BCUT2D eigenvalue weighted by Gasteiger charge is -2.37. The highest BCUT2D eigenvalue weighted by Crippen LogP contribution is 2.42. The maximum Gasteiger partial charge on any atom is 0.161 e. The second kappa shape index (κ2) is 7.02. The van der Waals surface area contributed by atoms with Crippen molar-refractivity contribution in [2.45, 2.75) is 46.1 Å². The molecule has 0 heterocycles. The highest BCUT2D eigenvalue weighted by molar-refractivity contribution is 5.45. The van der Waals surface area contributed by atoms with Crippen LogP contribution < -0.4 is 9.47 Å². The first-order chi connectivity index (χ1) is 11.2. The summed E-state index contributed by atoms with van der Waals surface area (Å²) in [5, 5.41) is 11.0. The maximum atomic E-state index is 11.0. The molecule has 1 aliphatic carbocycles. The lowest BCUT2D eigenvalue weighted by atomic mass is 9.68. The Morgan fingerprint density at radius 3 is 2.46 bits per heavy atom. The molecule has 0 saturated carbocycles. The molecule has 3 heteroatoms. The number of methoxy groups -OCH3 is 2. The summed E-state index contributed by atoms with van der Waals surface area (Å²) in [6.45, 7) is 8.58. The van der Waals surface area contributed by atoms with E-state index in [1.807, 2.05) is 24.3 Å². The predicted molar refractivity (Wildman–Crippen MR) is 98.5 cm³/mol. The lowest BCUT2D eigenvalue weighted by molar-refractivity contribution is 0.109. The van der Waals surface area contributed by atoms with Gasteiger partial charge in [0, 0.05) is 5.92 Å². The van der Waals surface area contributed by atoms with Crippen molar-refractivity contribution in [3.63, 3.8) is 0 Å². The highest BCUT2D eigenvalue weighted by Gasteiger charge is 2.32. The summed E-state index contributed by atoms with van der Waals surface area (Å²) in [7, 11) is 3.21. The van der Waals surface area contributed by atoms with Crippen molar-refractivity contribution in [1.82, 2.24) is 0 Å². The number of hydrogen-bond donors (Lipinski definition) is 1. The van der Waals surface area contributed by atoms with Crippen LogP contribution in [-0.4, -0.2) is 19.3 Å². The molecule has 0 radical (unpaired) electrons. The summed E-state index contributed by atoms with van der Waals surface area (Å²) in [6, 6.07) is 5.53. The first-order valence-electron chi connectivity index (χ1n) is 8.52. The van der Waals surface area contributed by atoms with Gasteiger partial charge in [0.2, 0.25) is 0 Å². The van der Waals surface area contributed by atoms with Crippen molar-refractivity contribution < 1.29 is 14.6 Å². The predicted octanol–water partition coefficient (Wildman–Crippen LogP) is 4.85. The van der Waals surface area contributed by atoms with E-state index in [4.69, 9.17) is 9.47 Å². The summed E-state index contributed by atoms with van der Waals surface area (Å²) in [6.07, 6.45) is 8.67. The van der Waals surface area contributed by atoms with Crippen molar-refractivity contribution in [2.24, 2.45) is 11.3 Å². The topological polar surface area (TPSA) is 38.7 Å². The molecule has 0 aliphatic heterocycles. The quantitative estimate of drug-likeness (QED) is 0.784. The molecule has 1 aliphatic rings. The standard InChI is InChI=1S/C21H30O3/c1-15-8-7-12-20(2,3)17(15)11-13-21(4,22)16-9-10-18(23-5)19(14-16)24-6/h8-11,13-14,17,22H,7,12H2,1-6H3/b13-11+. The van der Waals surface area contributed by atoms with Gasteiger partial charge in [-0.3, -0.25) is 0 Å². The fourth-order valence-electron chi connectivity index (χ4n) is 3.51. The van der Waals surface area contributed by atoms with Gasteiger partial charge in [-0.2, -0.15) is 0 Å². The van der Waals surface area contributed by atoms with Gasteiger partial charge in [0.05, 0.1) is 14.2 Å². The van der Waals surface area contributed by atoms with E-state index in [1.165, 1.54) is 5.57 Å². The zero-order valence-corrected chi connectivity index (χ0v) is 15.7. The second-order valence-electron chi connectivity index (χ2n) is 7.53. The minimum atomic E-state index is -1.06. The molecule has 1 aromatic rings. The monoisotopic (exact) mass is 330 g/mol. The number of allylic oxidation sites excluding steroid dienone is 3. The molecule has 0 aromatic heterocycles. The average Bonchev–Trinajstić information content (AvgIpc) is 2.52. The largest absolute Gasteiger partial charge is 0.493 e. The van der Waals surface area contributed by atoms with Crippen LogP contribution in [0.3, 0.4) is 0 Å². The van der Waals surface area contributed by atoms with E-state index < -0.39 is 5.60 Å². The van der Waals surface area contributed by atoms with Crippen LogP contribution in [0.15, 0.2) is 42.0 Å². The van der Waals surface area contributed by atoms with E-state index in [2.05, 4.69) is 32.9 Å². The number of ether oxygens (including phenoxy) is 2. The van der Waals surface area contributed by atoms with E-state index in [1.54, 1.807) is 21.1 Å². The molecule has 1 aromatic carbocycles. The molecule has 0 bridgehead atoms. The van der Waals surface area contributed by atoms with Crippen molar-refractivity contribution in [3.05, 3.63) is 47.6 Å². The highest BCUT2D eigenvalue weighted by atomic mass is 16.5. The van der Waals surface area contributed by atoms with Gasteiger partial charge in [-0.15, -0.1) is 0 Å². The number of benzene rings is 1. The van der Waals surface area contributed by atoms with E-state index in [-0.39, 0.29) is 5.41 Å². The Hall–Kier alpha value is -1.74. The molecular weight excluding hydrogens is 300 g/mol. The molecule has 1 N–H and O–H groups in total. The number of rotatable bonds is 5. The first-order valence-corrected chi connectivity index (χ1v) is 8.52. The summed E-state index contributed by atoms with van der Waals surface area (Å²) >= 11 is 0. The first kappa shape index (κ1) is 18.6. The summed E-state index contributed by atoms with van der Waals surface area (Å²) < 4.78 is 10.6. The minimum absolute atomic E-state index is 0.211. The molecule has 132 valence electrons. The van der Waals surface area contributed by atoms with Gasteiger partial charge in [-0.05, 0) is 49.8 Å². The van der Waals surface area contributed by atoms with Crippen molar-refractivity contribution >= 4 is 0 Å². The molecule has 0 amide bonds. The van der Waals surface area contributed by atoms with Gasteiger partial charge < -0.3 is 14.6 Å². The van der Waals surface area contributed by atoms with Crippen LogP contribution in [0.2, 0.25) is 0 Å². The molecule has 2 rings (SSSR count). The lowest BCUT2D eigenvalue weighted by Crippen LogP contribution is -2.27. The summed E-state index contributed by atoms with van der Waals surface area (Å²) in [4.78, 5) is 0. The second-order valence-corrected chi connectivity index (χ2v) is 7.53. The normalized spacial score (nSPS) is 22.8. The SMILES string of the molecule is COc1ccc(C(C)(O)/C=C/C2C(C)=CCCC2(C)C)cc1OC. The molecule has 24 heavy (non-hydrogen) atoms. The summed E-state index contributed by atoms with van der Waals surface area (Å²) in [5.41, 5.74) is 1.31. The fraction of sp³-hybridized carbons (Fsp3) is 0.524. The Bertz CT molecular complexity index is 638. The van der Waals surface area contributed by atoms with Crippen LogP contribution in [0.25, 0.3) is 0 Å². The number of aliphatic hydroxyl groups is 1. The third-order valence-corrected chi connectivity index (χ3v) is 5.17. The van der Waals surface area contributed by atoms with Crippen LogP contribution in [0.4, 0.5) is 0 Å². The zero-order chi connectivity index (χ0) is 18.0. The minimum Gasteiger partial charge on any atom is -0.493 e. The molecule has 0 saturated heterocycles. The van der Waals surface area contributed by atoms with E-state index >= 15 is 0 Å². The van der Waals surface area contributed by atoms with Gasteiger partial charge >= 0.3 is 0 Å². The van der Waals surface area contributed by atoms with Crippen LogP contribution in [0, 0.1) is 11.3 Å². The van der Waals surface area contributed by atoms with Gasteiger partial charge in [-0.1, -0.05) is 43.7 Å². The Labute approximate surface area is 146 Å². The van der Waals surface area contributed by atoms with Crippen molar-refractivity contribution in [3.8, 4) is 11.5 Å². The zero-order valence-electron chi connectivity index (χ0n) is 15.7. The fourth-order valence-corrected chi connectivity index (χ4v) is 3.51. The Balaban J connectivity index is 2.30. The number of hydrogen-bond acceptors (Lipinski definition) is 3. The van der Waals surface area contributed by atoms with E-state index in [0.717, 1.165) is 18.4 Å². The summed E-state index contributed by atoms with van der Waals surface area (Å²) in [5.74, 6) is 1.63. The average molecular weight is 330 g/mol. The molecule has 3 nitrogen and oxygen atoms in total. The Kier molecular flexibility index (Phi) is 5.44. The molecule has 0 fully saturated rings.